The van der Waals surface area contributed by atoms with Gasteiger partial charge in [0.2, 0.25) is 0 Å². The molecule has 0 unspecified atom stereocenters. The second-order valence-electron chi connectivity index (χ2n) is 5.17. The van der Waals surface area contributed by atoms with Crippen LogP contribution >= 0.6 is 0 Å². The predicted octanol–water partition coefficient (Wildman–Crippen LogP) is 0.197. The van der Waals surface area contributed by atoms with Gasteiger partial charge in [-0.3, -0.25) is 9.97 Å². The van der Waals surface area contributed by atoms with E-state index in [-0.39, 0.29) is 40.5 Å². The monoisotopic (exact) mass is 436 g/mol. The van der Waals surface area contributed by atoms with Crippen LogP contribution in [0.25, 0.3) is 11.4 Å². The van der Waals surface area contributed by atoms with Gasteiger partial charge in [-0.05, 0) is 30.7 Å². The summed E-state index contributed by atoms with van der Waals surface area (Å²) in [7, 11) is 0. The van der Waals surface area contributed by atoms with E-state index in [1.54, 1.807) is 0 Å². The Balaban J connectivity index is 0.000000627. The Hall–Kier alpha value is -3.33. The first-order chi connectivity index (χ1) is 12.7. The summed E-state index contributed by atoms with van der Waals surface area (Å²) in [5, 5.41) is 30.5. The number of carboxylic acids is 2. The Morgan fingerprint density at radius 2 is 1.14 bits per heavy atom. The summed E-state index contributed by atoms with van der Waals surface area (Å²) in [4.78, 5) is 49.4. The number of carbonyl (C=O) groups is 4. The van der Waals surface area contributed by atoms with Crippen LogP contribution in [0.2, 0.25) is 0 Å². The van der Waals surface area contributed by atoms with E-state index in [0.29, 0.717) is 17.8 Å². The van der Waals surface area contributed by atoms with Crippen molar-refractivity contribution in [3.05, 3.63) is 47.8 Å². The van der Waals surface area contributed by atoms with Crippen LogP contribution in [0.4, 0.5) is 0 Å². The summed E-state index contributed by atoms with van der Waals surface area (Å²) in [6.07, 6.45) is 3.20. The maximum Gasteiger partial charge on any atom is 0.515 e. The minimum Gasteiger partial charge on any atom is -0.565 e. The molecule has 28 heavy (non-hydrogen) atoms. The smallest absolute Gasteiger partial charge is 0.515 e. The molecule has 152 valence electrons. The topological polar surface area (TPSA) is 180 Å². The molecule has 0 amide bonds. The maximum absolute atomic E-state index is 10.8. The van der Waals surface area contributed by atoms with E-state index in [1.807, 2.05) is 0 Å². The number of aromatic carboxylic acids is 2. The van der Waals surface area contributed by atoms with Crippen LogP contribution in [0.3, 0.4) is 0 Å². The van der Waals surface area contributed by atoms with E-state index in [4.69, 9.17) is 20.4 Å². The summed E-state index contributed by atoms with van der Waals surface area (Å²) < 4.78 is 0. The Labute approximate surface area is 168 Å². The molecule has 0 atom stereocenters. The molecule has 2 aromatic heterocycles. The van der Waals surface area contributed by atoms with Crippen LogP contribution in [0.5, 0.6) is 0 Å². The average Bonchev–Trinajstić information content (AvgIpc) is 2.62. The third kappa shape index (κ3) is 8.86. The van der Waals surface area contributed by atoms with E-state index >= 15 is 0 Å². The number of carbonyl (C=O) groups excluding carboxylic acids is 2. The third-order valence-corrected chi connectivity index (χ3v) is 3.08. The first-order valence-corrected chi connectivity index (χ1v) is 7.58. The van der Waals surface area contributed by atoms with Crippen LogP contribution in [-0.2, 0) is 26.1 Å². The average molecular weight is 437 g/mol. The van der Waals surface area contributed by atoms with Gasteiger partial charge in [-0.25, -0.2) is 9.59 Å². The molecule has 11 heteroatoms. The number of carboxylic acid groups (broad SMARTS) is 2. The fourth-order valence-electron chi connectivity index (χ4n) is 1.82. The maximum atomic E-state index is 10.8. The van der Waals surface area contributed by atoms with Gasteiger partial charge < -0.3 is 20.4 Å². The largest absolute Gasteiger partial charge is 0.565 e. The van der Waals surface area contributed by atoms with Gasteiger partial charge in [0.25, 0.3) is 0 Å². The van der Waals surface area contributed by atoms with Gasteiger partial charge in [0.15, 0.2) is 0 Å². The molecule has 2 heterocycles. The minimum absolute atomic E-state index is 0. The van der Waals surface area contributed by atoms with Crippen molar-refractivity contribution in [2.24, 2.45) is 0 Å². The molecule has 0 radical (unpaired) electrons. The predicted molar refractivity (Wildman–Crippen MR) is 92.5 cm³/mol. The molecule has 2 rings (SSSR count). The number of hydrogen-bond donors (Lipinski definition) is 2. The number of nitrogens with zero attached hydrogens (tertiary/aromatic N) is 2. The van der Waals surface area contributed by atoms with Gasteiger partial charge in [0, 0.05) is 38.5 Å². The Morgan fingerprint density at radius 3 is 1.43 bits per heavy atom. The van der Waals surface area contributed by atoms with Crippen LogP contribution in [0.1, 0.15) is 40.0 Å². The van der Waals surface area contributed by atoms with Gasteiger partial charge in [0.1, 0.15) is 12.8 Å². The van der Waals surface area contributed by atoms with E-state index in [2.05, 4.69) is 9.97 Å². The molecule has 0 fully saturated rings. The molecule has 0 aliphatic carbocycles. The molecule has 0 saturated carbocycles. The van der Waals surface area contributed by atoms with Crippen molar-refractivity contribution < 1.29 is 56.1 Å². The van der Waals surface area contributed by atoms with Crippen LogP contribution in [0, 0.1) is 0 Å². The fraction of sp³-hybridized carbons (Fsp3) is 0.176. The summed E-state index contributed by atoms with van der Waals surface area (Å²) >= 11 is 0. The fourth-order valence-corrected chi connectivity index (χ4v) is 1.82. The van der Waals surface area contributed by atoms with Gasteiger partial charge in [0.05, 0.1) is 22.5 Å². The Morgan fingerprint density at radius 1 is 0.786 bits per heavy atom. The first kappa shape index (κ1) is 24.7. The number of rotatable bonds is 7. The zero-order valence-corrected chi connectivity index (χ0v) is 15.3. The van der Waals surface area contributed by atoms with Crippen molar-refractivity contribution in [3.8, 4) is 11.4 Å². The van der Waals surface area contributed by atoms with Gasteiger partial charge in [-0.1, -0.05) is 0 Å². The second-order valence-corrected chi connectivity index (χ2v) is 5.17. The Kier molecular flexibility index (Phi) is 10.7. The van der Waals surface area contributed by atoms with Crippen LogP contribution in [-0.4, -0.2) is 54.3 Å². The SMILES string of the molecule is O=C(O)c1ccnc(-c2cc(C(=O)O)ccn2)c1.O=C([OH2+])CCCC(=O)[OH2+].[Ni]. The van der Waals surface area contributed by atoms with Crippen LogP contribution in [0.15, 0.2) is 36.7 Å². The summed E-state index contributed by atoms with van der Waals surface area (Å²) in [6.45, 7) is 0. The molecule has 0 spiro atoms. The number of pyridine rings is 2. The number of hydrogen-bond acceptors (Lipinski definition) is 6. The summed E-state index contributed by atoms with van der Waals surface area (Å²) in [5.41, 5.74) is 0.779. The van der Waals surface area contributed by atoms with Gasteiger partial charge in [-0.15, -0.1) is 0 Å². The number of aromatic nitrogens is 2. The van der Waals surface area contributed by atoms with Crippen LogP contribution < -0.4 is 0 Å². The minimum atomic E-state index is -1.08. The van der Waals surface area contributed by atoms with Gasteiger partial charge >= 0.3 is 23.9 Å². The normalized spacial score (nSPS) is 9.29. The quantitative estimate of drug-likeness (QED) is 0.455. The van der Waals surface area contributed by atoms with E-state index < -0.39 is 23.9 Å². The molecule has 0 saturated heterocycles. The molecule has 0 aliphatic heterocycles. The van der Waals surface area contributed by atoms with Crippen molar-refractivity contribution >= 4 is 23.9 Å². The molecule has 2 aromatic rings. The standard InChI is InChI=1S/C12H8N2O4.C5H8O4.Ni/c15-11(16)7-1-3-13-9(5-7)10-6-8(12(17)18)2-4-14-10;6-4(7)2-1-3-5(8)9;/h1-6H,(H,15,16)(H,17,18);1-3H2,(H,6,7)(H,8,9);/p+2. The molecule has 10 nitrogen and oxygen atoms in total. The summed E-state index contributed by atoms with van der Waals surface area (Å²) in [5.74, 6) is -3.49. The van der Waals surface area contributed by atoms with Crippen molar-refractivity contribution in [2.45, 2.75) is 19.3 Å². The van der Waals surface area contributed by atoms with E-state index in [0.717, 1.165) is 0 Å². The van der Waals surface area contributed by atoms with Crippen molar-refractivity contribution in [1.82, 2.24) is 9.97 Å². The van der Waals surface area contributed by atoms with Gasteiger partial charge in [-0.2, -0.15) is 0 Å². The molecular formula is C17H18N2NiO8+2. The second kappa shape index (κ2) is 12.1. The molecule has 0 aliphatic rings. The van der Waals surface area contributed by atoms with E-state index in [9.17, 15) is 19.2 Å². The third-order valence-electron chi connectivity index (χ3n) is 3.08. The molecular weight excluding hydrogens is 419 g/mol. The molecule has 0 aromatic carbocycles. The zero-order chi connectivity index (χ0) is 20.4. The van der Waals surface area contributed by atoms with Crippen molar-refractivity contribution in [2.75, 3.05) is 0 Å². The van der Waals surface area contributed by atoms with Crippen molar-refractivity contribution in [1.29, 1.82) is 0 Å². The van der Waals surface area contributed by atoms with E-state index in [1.165, 1.54) is 36.7 Å². The first-order valence-electron chi connectivity index (χ1n) is 7.58. The Bertz CT molecular complexity index is 787. The summed E-state index contributed by atoms with van der Waals surface area (Å²) in [6, 6.07) is 5.40. The zero-order valence-electron chi connectivity index (χ0n) is 14.3. The molecule has 0 bridgehead atoms. The van der Waals surface area contributed by atoms with Crippen molar-refractivity contribution in [3.63, 3.8) is 0 Å². The molecule has 6 N–H and O–H groups in total.